The van der Waals surface area contributed by atoms with Gasteiger partial charge in [0.05, 0.1) is 18.9 Å². The number of hydrogen-bond acceptors (Lipinski definition) is 6. The van der Waals surface area contributed by atoms with Gasteiger partial charge in [0.1, 0.15) is 0 Å². The lowest BCUT2D eigenvalue weighted by Crippen LogP contribution is -1.81. The van der Waals surface area contributed by atoms with Crippen LogP contribution in [0.2, 0.25) is 0 Å². The minimum Gasteiger partial charge on any atom is -0.144 e. The molecule has 0 bridgehead atoms. The molecule has 47 heavy (non-hydrogen) atoms. The first-order chi connectivity index (χ1) is 22.8. The highest BCUT2D eigenvalue weighted by Gasteiger charge is 2.13. The lowest BCUT2D eigenvalue weighted by atomic mass is 10.0. The predicted molar refractivity (Wildman–Crippen MR) is 231 cm³/mol. The van der Waals surface area contributed by atoms with E-state index in [1.165, 1.54) is 62.6 Å². The molecule has 0 aliphatic carbocycles. The molecule has 0 aliphatic rings. The van der Waals surface area contributed by atoms with Gasteiger partial charge in [-0.2, -0.15) is 0 Å². The van der Waals surface area contributed by atoms with E-state index in [9.17, 15) is 0 Å². The van der Waals surface area contributed by atoms with Crippen LogP contribution in [-0.4, -0.2) is 0 Å². The Bertz CT molecular complexity index is 2080. The number of thiophene rings is 6. The fourth-order valence-electron chi connectivity index (χ4n) is 4.90. The molecule has 0 nitrogen and oxygen atoms in total. The van der Waals surface area contributed by atoms with Gasteiger partial charge in [-0.3, -0.25) is 0 Å². The van der Waals surface area contributed by atoms with E-state index < -0.39 is 0 Å². The Morgan fingerprint density at radius 1 is 0.298 bits per heavy atom. The molecule has 8 aromatic rings. The Morgan fingerprint density at radius 2 is 0.553 bits per heavy atom. The van der Waals surface area contributed by atoms with E-state index in [1.54, 1.807) is 68.0 Å². The van der Waals surface area contributed by atoms with Crippen LogP contribution in [0.3, 0.4) is 0 Å². The maximum absolute atomic E-state index is 3.57. The second kappa shape index (κ2) is 15.5. The summed E-state index contributed by atoms with van der Waals surface area (Å²) < 4.78 is 5.79. The highest BCUT2D eigenvalue weighted by atomic mass is 79.9. The second-order valence-corrected chi connectivity index (χ2v) is 23.4. The number of benzene rings is 2. The molecule has 0 N–H and O–H groups in total. The topological polar surface area (TPSA) is 0 Å². The molecule has 6 heterocycles. The summed E-state index contributed by atoms with van der Waals surface area (Å²) in [5.41, 5.74) is 7.59. The Hall–Kier alpha value is -0.960. The molecule has 0 saturated heterocycles. The molecule has 2 aromatic carbocycles. The SMILES string of the molecule is Brc1ccc(-c2cc(-c3ccc(Br)s3)cc(-c3ccc(Br)s3)c2)s1.Brc1ccc(-c2cc(-c3cccs3)cc(-c3ccc(Br)s3)c2)s1. The fourth-order valence-corrected chi connectivity index (χ4v) is 12.5. The Labute approximate surface area is 339 Å². The van der Waals surface area contributed by atoms with Crippen LogP contribution in [0.4, 0.5) is 0 Å². The van der Waals surface area contributed by atoms with Crippen LogP contribution in [0.25, 0.3) is 62.6 Å². The van der Waals surface area contributed by atoms with Crippen LogP contribution in [0.15, 0.2) is 134 Å². The molecule has 0 atom stereocenters. The van der Waals surface area contributed by atoms with Crippen LogP contribution < -0.4 is 0 Å². The molecular formula is C36H19Br5S6. The first-order valence-corrected chi connectivity index (χ1v) is 22.8. The van der Waals surface area contributed by atoms with Gasteiger partial charge < -0.3 is 0 Å². The van der Waals surface area contributed by atoms with Crippen molar-refractivity contribution in [3.8, 4) is 62.6 Å². The van der Waals surface area contributed by atoms with Gasteiger partial charge in [0, 0.05) is 29.3 Å². The highest BCUT2D eigenvalue weighted by Crippen LogP contribution is 2.42. The minimum atomic E-state index is 1.15. The predicted octanol–water partition coefficient (Wildman–Crippen LogP) is 17.6. The molecule has 0 radical (unpaired) electrons. The Morgan fingerprint density at radius 3 is 0.745 bits per heavy atom. The normalized spacial score (nSPS) is 11.1. The van der Waals surface area contributed by atoms with Crippen LogP contribution in [0.5, 0.6) is 0 Å². The second-order valence-electron chi connectivity index (χ2n) is 10.1. The van der Waals surface area contributed by atoms with Crippen LogP contribution in [-0.2, 0) is 0 Å². The van der Waals surface area contributed by atoms with Crippen molar-refractivity contribution in [3.05, 3.63) is 134 Å². The van der Waals surface area contributed by atoms with Crippen molar-refractivity contribution in [2.45, 2.75) is 0 Å². The zero-order chi connectivity index (χ0) is 32.5. The van der Waals surface area contributed by atoms with E-state index in [-0.39, 0.29) is 0 Å². The van der Waals surface area contributed by atoms with Gasteiger partial charge in [0.2, 0.25) is 0 Å². The smallest absolute Gasteiger partial charge is 0.0705 e. The van der Waals surface area contributed by atoms with Crippen molar-refractivity contribution < 1.29 is 0 Å². The summed E-state index contributed by atoms with van der Waals surface area (Å²) in [6.45, 7) is 0. The molecule has 11 heteroatoms. The van der Waals surface area contributed by atoms with Crippen molar-refractivity contribution in [2.75, 3.05) is 0 Å². The monoisotopic (exact) mass is 1040 g/mol. The zero-order valence-electron chi connectivity index (χ0n) is 23.8. The van der Waals surface area contributed by atoms with Crippen molar-refractivity contribution in [3.63, 3.8) is 0 Å². The lowest BCUT2D eigenvalue weighted by Gasteiger charge is -2.07. The van der Waals surface area contributed by atoms with Crippen molar-refractivity contribution in [2.24, 2.45) is 0 Å². The molecule has 8 rings (SSSR count). The number of rotatable bonds is 6. The molecule has 0 spiro atoms. The standard InChI is InChI=1S/C18H9Br3S3.C18H10Br2S3/c19-16-4-1-13(22-16)10-7-11(14-2-5-17(20)23-14)9-12(8-10)15-3-6-18(21)24-15;19-17-5-3-15(22-17)12-8-11(14-2-1-7-21-14)9-13(10-12)16-4-6-18(20)23-16/h1-9H;1-10H. The van der Waals surface area contributed by atoms with Crippen LogP contribution >= 0.6 is 148 Å². The zero-order valence-corrected chi connectivity index (χ0v) is 36.6. The molecule has 0 aliphatic heterocycles. The summed E-state index contributed by atoms with van der Waals surface area (Å²) >= 11 is 28.5. The van der Waals surface area contributed by atoms with E-state index in [1.807, 2.05) is 0 Å². The number of hydrogen-bond donors (Lipinski definition) is 0. The average molecular weight is 1040 g/mol. The van der Waals surface area contributed by atoms with Gasteiger partial charge in [-0.1, -0.05) is 6.07 Å². The average Bonchev–Trinajstić information content (AvgIpc) is 3.90. The molecule has 0 fully saturated rings. The molecule has 0 unspecified atom stereocenters. The lowest BCUT2D eigenvalue weighted by molar-refractivity contribution is 1.67. The minimum absolute atomic E-state index is 1.15. The van der Waals surface area contributed by atoms with Crippen molar-refractivity contribution >= 4 is 148 Å². The van der Waals surface area contributed by atoms with Crippen molar-refractivity contribution in [1.82, 2.24) is 0 Å². The number of halogens is 5. The summed E-state index contributed by atoms with van der Waals surface area (Å²) in [5.74, 6) is 0. The maximum atomic E-state index is 3.57. The largest absolute Gasteiger partial charge is 0.144 e. The Kier molecular flexibility index (Phi) is 11.4. The first kappa shape index (κ1) is 34.5. The quantitative estimate of drug-likeness (QED) is 0.156. The third-order valence-electron chi connectivity index (χ3n) is 6.96. The summed E-state index contributed by atoms with van der Waals surface area (Å²) in [5, 5.41) is 2.13. The van der Waals surface area contributed by atoms with E-state index in [4.69, 9.17) is 0 Å². The third kappa shape index (κ3) is 8.51. The maximum Gasteiger partial charge on any atom is 0.0705 e. The van der Waals surface area contributed by atoms with Gasteiger partial charge in [-0.25, -0.2) is 0 Å². The summed E-state index contributed by atoms with van der Waals surface area (Å²) in [6.07, 6.45) is 0. The van der Waals surface area contributed by atoms with E-state index in [2.05, 4.69) is 194 Å². The van der Waals surface area contributed by atoms with Gasteiger partial charge in [0.15, 0.2) is 0 Å². The Balaban J connectivity index is 0.000000150. The van der Waals surface area contributed by atoms with E-state index in [0.29, 0.717) is 0 Å². The van der Waals surface area contributed by atoms with Crippen LogP contribution in [0.1, 0.15) is 0 Å². The molecule has 6 aromatic heterocycles. The highest BCUT2D eigenvalue weighted by molar-refractivity contribution is 9.12. The third-order valence-corrected chi connectivity index (χ3v) is 16.2. The van der Waals surface area contributed by atoms with Gasteiger partial charge in [0.25, 0.3) is 0 Å². The molecular weight excluding hydrogens is 1020 g/mol. The fraction of sp³-hybridized carbons (Fsp3) is 0. The van der Waals surface area contributed by atoms with Gasteiger partial charge in [-0.05, 0) is 222 Å². The van der Waals surface area contributed by atoms with E-state index in [0.717, 1.165) is 18.9 Å². The molecule has 0 amide bonds. The summed E-state index contributed by atoms with van der Waals surface area (Å²) in [4.78, 5) is 7.70. The summed E-state index contributed by atoms with van der Waals surface area (Å²) in [7, 11) is 0. The van der Waals surface area contributed by atoms with E-state index >= 15 is 0 Å². The van der Waals surface area contributed by atoms with Gasteiger partial charge in [-0.15, -0.1) is 68.0 Å². The molecule has 234 valence electrons. The summed E-state index contributed by atoms with van der Waals surface area (Å²) in [6, 6.07) is 39.4. The van der Waals surface area contributed by atoms with Crippen LogP contribution in [0, 0.1) is 0 Å². The first-order valence-electron chi connectivity index (χ1n) is 13.9. The molecule has 0 saturated carbocycles. The van der Waals surface area contributed by atoms with Gasteiger partial charge >= 0.3 is 0 Å². The van der Waals surface area contributed by atoms with Crippen molar-refractivity contribution in [1.29, 1.82) is 0 Å².